The van der Waals surface area contributed by atoms with Gasteiger partial charge in [-0.3, -0.25) is 5.10 Å². The molecule has 0 fully saturated rings. The van der Waals surface area contributed by atoms with Gasteiger partial charge < -0.3 is 9.84 Å². The number of ether oxygens (including phenoxy) is 1. The minimum atomic E-state index is -1.03. The van der Waals surface area contributed by atoms with Crippen molar-refractivity contribution in [3.63, 3.8) is 0 Å². The molecule has 0 aliphatic rings. The van der Waals surface area contributed by atoms with Gasteiger partial charge in [-0.1, -0.05) is 31.7 Å². The molecule has 0 saturated carbocycles. The quantitative estimate of drug-likeness (QED) is 0.439. The summed E-state index contributed by atoms with van der Waals surface area (Å²) in [5, 5.41) is 16.5. The molecule has 120 valence electrons. The number of thioether (sulfide) groups is 1. The van der Waals surface area contributed by atoms with Gasteiger partial charge in [-0.05, 0) is 35.5 Å². The van der Waals surface area contributed by atoms with Gasteiger partial charge in [-0.25, -0.2) is 9.78 Å². The van der Waals surface area contributed by atoms with Crippen LogP contribution in [0.5, 0.6) is 5.75 Å². The van der Waals surface area contributed by atoms with Crippen molar-refractivity contribution in [1.29, 1.82) is 0 Å². The molecule has 7 heteroatoms. The van der Waals surface area contributed by atoms with Crippen LogP contribution in [0.15, 0.2) is 47.0 Å². The van der Waals surface area contributed by atoms with Crippen LogP contribution in [0.3, 0.4) is 0 Å². The molecule has 0 radical (unpaired) electrons. The van der Waals surface area contributed by atoms with Crippen molar-refractivity contribution < 1.29 is 14.6 Å². The van der Waals surface area contributed by atoms with Crippen molar-refractivity contribution >= 4 is 23.8 Å². The summed E-state index contributed by atoms with van der Waals surface area (Å²) in [6.07, 6.45) is 3.92. The fourth-order valence-electron chi connectivity index (χ4n) is 1.72. The van der Waals surface area contributed by atoms with Crippen LogP contribution in [0, 0.1) is 0 Å². The number of hydrogen-bond donors (Lipinski definition) is 2. The Labute approximate surface area is 138 Å². The third-order valence-corrected chi connectivity index (χ3v) is 3.66. The Morgan fingerprint density at radius 2 is 2.35 bits per heavy atom. The molecule has 0 spiro atoms. The Bertz CT molecular complexity index is 725. The first-order valence-electron chi connectivity index (χ1n) is 7.00. The van der Waals surface area contributed by atoms with Crippen molar-refractivity contribution in [3.05, 3.63) is 53.2 Å². The topological polar surface area (TPSA) is 88.1 Å². The van der Waals surface area contributed by atoms with E-state index in [0.717, 1.165) is 23.1 Å². The molecule has 23 heavy (non-hydrogen) atoms. The van der Waals surface area contributed by atoms with E-state index in [9.17, 15) is 9.90 Å². The number of aliphatic carboxylic acids is 1. The molecule has 2 rings (SSSR count). The van der Waals surface area contributed by atoms with Crippen LogP contribution in [0.1, 0.15) is 18.3 Å². The lowest BCUT2D eigenvalue weighted by atomic mass is 10.2. The summed E-state index contributed by atoms with van der Waals surface area (Å²) in [5.74, 6) is 0.340. The third-order valence-electron chi connectivity index (χ3n) is 2.78. The number of benzene rings is 1. The van der Waals surface area contributed by atoms with Crippen molar-refractivity contribution in [2.45, 2.75) is 18.5 Å². The van der Waals surface area contributed by atoms with Gasteiger partial charge in [0.2, 0.25) is 5.16 Å². The lowest BCUT2D eigenvalue weighted by Crippen LogP contribution is -1.98. The van der Waals surface area contributed by atoms with E-state index in [1.165, 1.54) is 0 Å². The van der Waals surface area contributed by atoms with Crippen molar-refractivity contribution in [2.75, 3.05) is 6.61 Å². The largest absolute Gasteiger partial charge is 0.490 e. The molecule has 0 aliphatic heterocycles. The number of carbonyl (C=O) groups is 1. The highest BCUT2D eigenvalue weighted by Gasteiger charge is 2.13. The van der Waals surface area contributed by atoms with Gasteiger partial charge >= 0.3 is 5.97 Å². The smallest absolute Gasteiger partial charge is 0.342 e. The Morgan fingerprint density at radius 3 is 3.00 bits per heavy atom. The first-order valence-corrected chi connectivity index (χ1v) is 7.82. The van der Waals surface area contributed by atoms with E-state index in [2.05, 4.69) is 21.8 Å². The maximum Gasteiger partial charge on any atom is 0.342 e. The van der Waals surface area contributed by atoms with Crippen molar-refractivity contribution in [1.82, 2.24) is 15.2 Å². The number of aromatic amines is 1. The highest BCUT2D eigenvalue weighted by atomic mass is 32.2. The van der Waals surface area contributed by atoms with Crippen LogP contribution in [0.25, 0.3) is 6.08 Å². The number of carboxylic acid groups (broad SMARTS) is 1. The van der Waals surface area contributed by atoms with E-state index in [4.69, 9.17) is 4.74 Å². The van der Waals surface area contributed by atoms with E-state index in [1.807, 2.05) is 6.92 Å². The predicted molar refractivity (Wildman–Crippen MR) is 89.4 cm³/mol. The van der Waals surface area contributed by atoms with Crippen LogP contribution in [0.4, 0.5) is 0 Å². The molecule has 0 bridgehead atoms. The monoisotopic (exact) mass is 331 g/mol. The third kappa shape index (κ3) is 5.00. The van der Waals surface area contributed by atoms with Gasteiger partial charge in [0.15, 0.2) is 0 Å². The second kappa shape index (κ2) is 8.19. The number of aryl methyl sites for hydroxylation is 1. The molecule has 0 amide bonds. The highest BCUT2D eigenvalue weighted by Crippen LogP contribution is 2.26. The molecule has 1 aromatic carbocycles. The van der Waals surface area contributed by atoms with Crippen LogP contribution in [-0.2, 0) is 11.2 Å². The molecule has 2 N–H and O–H groups in total. The first-order chi connectivity index (χ1) is 11.1. The average molecular weight is 331 g/mol. The number of rotatable bonds is 8. The Balaban J connectivity index is 2.20. The van der Waals surface area contributed by atoms with Gasteiger partial charge in [-0.15, -0.1) is 5.10 Å². The summed E-state index contributed by atoms with van der Waals surface area (Å²) in [4.78, 5) is 15.8. The fraction of sp³-hybridized carbons (Fsp3) is 0.188. The number of aromatic nitrogens is 3. The van der Waals surface area contributed by atoms with Crippen LogP contribution in [0.2, 0.25) is 0 Å². The SMILES string of the molecule is C=CCOc1cccc(/C=C(\Sc2n[nH]c(CC)n2)C(=O)O)c1. The van der Waals surface area contributed by atoms with E-state index in [-0.39, 0.29) is 4.91 Å². The molecular weight excluding hydrogens is 314 g/mol. The number of nitrogens with zero attached hydrogens (tertiary/aromatic N) is 2. The second-order valence-electron chi connectivity index (χ2n) is 4.51. The van der Waals surface area contributed by atoms with E-state index >= 15 is 0 Å². The van der Waals surface area contributed by atoms with Gasteiger partial charge in [0.1, 0.15) is 23.1 Å². The Hall–Kier alpha value is -2.54. The van der Waals surface area contributed by atoms with E-state index in [1.54, 1.807) is 36.4 Å². The lowest BCUT2D eigenvalue weighted by Gasteiger charge is -2.04. The zero-order valence-electron chi connectivity index (χ0n) is 12.7. The maximum atomic E-state index is 11.4. The average Bonchev–Trinajstić information content (AvgIpc) is 3.00. The van der Waals surface area contributed by atoms with Gasteiger partial charge in [0, 0.05) is 6.42 Å². The zero-order chi connectivity index (χ0) is 16.7. The summed E-state index contributed by atoms with van der Waals surface area (Å²) in [6.45, 7) is 5.93. The molecule has 2 aromatic rings. The molecular formula is C16H17N3O3S. The van der Waals surface area contributed by atoms with Gasteiger partial charge in [0.25, 0.3) is 0 Å². The molecule has 1 heterocycles. The summed E-state index contributed by atoms with van der Waals surface area (Å²) < 4.78 is 5.44. The Morgan fingerprint density at radius 1 is 1.52 bits per heavy atom. The molecule has 1 aromatic heterocycles. The molecule has 0 unspecified atom stereocenters. The number of hydrogen-bond acceptors (Lipinski definition) is 5. The highest BCUT2D eigenvalue weighted by molar-refractivity contribution is 8.04. The molecule has 0 saturated heterocycles. The van der Waals surface area contributed by atoms with Gasteiger partial charge in [0.05, 0.1) is 0 Å². The van der Waals surface area contributed by atoms with E-state index < -0.39 is 5.97 Å². The fourth-order valence-corrected chi connectivity index (χ4v) is 2.44. The lowest BCUT2D eigenvalue weighted by molar-refractivity contribution is -0.131. The summed E-state index contributed by atoms with van der Waals surface area (Å²) >= 11 is 1.00. The van der Waals surface area contributed by atoms with E-state index in [0.29, 0.717) is 23.9 Å². The first kappa shape index (κ1) is 16.8. The number of carboxylic acids is 1. The number of nitrogens with one attached hydrogen (secondary N) is 1. The summed E-state index contributed by atoms with van der Waals surface area (Å²) in [7, 11) is 0. The number of H-pyrrole nitrogens is 1. The molecule has 0 atom stereocenters. The zero-order valence-corrected chi connectivity index (χ0v) is 13.5. The van der Waals surface area contributed by atoms with Crippen LogP contribution in [-0.4, -0.2) is 32.9 Å². The van der Waals surface area contributed by atoms with Gasteiger partial charge in [-0.2, -0.15) is 0 Å². The normalized spacial score (nSPS) is 11.3. The van der Waals surface area contributed by atoms with Crippen LogP contribution < -0.4 is 4.74 Å². The minimum Gasteiger partial charge on any atom is -0.490 e. The van der Waals surface area contributed by atoms with Crippen molar-refractivity contribution in [2.24, 2.45) is 0 Å². The van der Waals surface area contributed by atoms with Crippen LogP contribution >= 0.6 is 11.8 Å². The predicted octanol–water partition coefficient (Wildman–Crippen LogP) is 3.15. The summed E-state index contributed by atoms with van der Waals surface area (Å²) in [6, 6.07) is 7.18. The molecule has 6 nitrogen and oxygen atoms in total. The Kier molecular flexibility index (Phi) is 5.99. The maximum absolute atomic E-state index is 11.4. The van der Waals surface area contributed by atoms with Crippen molar-refractivity contribution in [3.8, 4) is 5.75 Å². The summed E-state index contributed by atoms with van der Waals surface area (Å²) in [5.41, 5.74) is 0.725. The molecule has 0 aliphatic carbocycles. The second-order valence-corrected chi connectivity index (χ2v) is 5.52. The minimum absolute atomic E-state index is 0.132. The standard InChI is InChI=1S/C16H17N3O3S/c1-3-8-22-12-7-5-6-11(9-12)10-13(15(20)21)23-16-17-14(4-2)18-19-16/h3,5-7,9-10H,1,4,8H2,2H3,(H,20,21)(H,17,18,19)/b13-10-.